The first-order chi connectivity index (χ1) is 9.25. The molecule has 0 bridgehead atoms. The number of aromatic hydroxyl groups is 1. The lowest BCUT2D eigenvalue weighted by molar-refractivity contribution is 0.227. The third-order valence-corrected chi connectivity index (χ3v) is 4.61. The van der Waals surface area contributed by atoms with E-state index in [0.717, 1.165) is 24.9 Å². The fourth-order valence-corrected chi connectivity index (χ4v) is 3.61. The van der Waals surface area contributed by atoms with Gasteiger partial charge in [0.15, 0.2) is 0 Å². The van der Waals surface area contributed by atoms with E-state index in [1.807, 2.05) is 6.07 Å². The minimum atomic E-state index is 0.417. The third kappa shape index (κ3) is 1.47. The van der Waals surface area contributed by atoms with Gasteiger partial charge >= 0.3 is 0 Å². The average Bonchev–Trinajstić information content (AvgIpc) is 2.44. The summed E-state index contributed by atoms with van der Waals surface area (Å²) in [5, 5.41) is 10.3. The second kappa shape index (κ2) is 3.84. The minimum absolute atomic E-state index is 0.417. The van der Waals surface area contributed by atoms with Crippen LogP contribution in [0.2, 0.25) is 0 Å². The molecule has 2 aromatic carbocycles. The molecule has 0 aromatic heterocycles. The molecule has 4 rings (SSSR count). The maximum atomic E-state index is 10.3. The van der Waals surface area contributed by atoms with E-state index in [-0.39, 0.29) is 0 Å². The van der Waals surface area contributed by atoms with Gasteiger partial charge in [-0.05, 0) is 48.2 Å². The molecule has 19 heavy (non-hydrogen) atoms. The molecule has 2 nitrogen and oxygen atoms in total. The summed E-state index contributed by atoms with van der Waals surface area (Å²) >= 11 is 0. The Morgan fingerprint density at radius 3 is 2.84 bits per heavy atom. The number of phenols is 1. The number of phenolic OH excluding ortho intramolecular Hbond substituents is 1. The van der Waals surface area contributed by atoms with Gasteiger partial charge in [0.25, 0.3) is 0 Å². The van der Waals surface area contributed by atoms with Crippen LogP contribution >= 0.6 is 0 Å². The Labute approximate surface area is 113 Å². The van der Waals surface area contributed by atoms with Crippen molar-refractivity contribution in [3.05, 3.63) is 53.1 Å². The van der Waals surface area contributed by atoms with Gasteiger partial charge < -0.3 is 5.11 Å². The number of rotatable bonds is 0. The van der Waals surface area contributed by atoms with Crippen molar-refractivity contribution in [2.24, 2.45) is 0 Å². The van der Waals surface area contributed by atoms with Crippen LogP contribution in [-0.2, 0) is 12.8 Å². The van der Waals surface area contributed by atoms with Gasteiger partial charge in [-0.3, -0.25) is 4.90 Å². The van der Waals surface area contributed by atoms with Gasteiger partial charge in [0, 0.05) is 18.2 Å². The molecular formula is C17H17NO. The Morgan fingerprint density at radius 1 is 1.11 bits per heavy atom. The lowest BCUT2D eigenvalue weighted by atomic mass is 9.77. The van der Waals surface area contributed by atoms with Gasteiger partial charge in [-0.1, -0.05) is 30.3 Å². The highest BCUT2D eigenvalue weighted by molar-refractivity contribution is 5.80. The van der Waals surface area contributed by atoms with Crippen LogP contribution in [0.1, 0.15) is 22.7 Å². The fraction of sp³-hybridized carbons (Fsp3) is 0.294. The van der Waals surface area contributed by atoms with E-state index in [1.165, 1.54) is 22.3 Å². The molecule has 2 aromatic rings. The Morgan fingerprint density at radius 2 is 1.95 bits per heavy atom. The van der Waals surface area contributed by atoms with Crippen LogP contribution in [0.25, 0.3) is 11.1 Å². The SMILES string of the molecule is CN1CCc2ccc(O)c3c2[C@H]1Cc1ccccc1-3. The molecule has 1 heterocycles. The van der Waals surface area contributed by atoms with E-state index in [9.17, 15) is 5.11 Å². The maximum Gasteiger partial charge on any atom is 0.123 e. The smallest absolute Gasteiger partial charge is 0.123 e. The van der Waals surface area contributed by atoms with Crippen molar-refractivity contribution in [1.29, 1.82) is 0 Å². The standard InChI is InChI=1S/C17H17NO/c1-18-9-8-11-6-7-15(19)17-13-5-3-2-4-12(13)10-14(18)16(11)17/h2-7,14,19H,8-10H2,1H3/t14-/m1/s1. The van der Waals surface area contributed by atoms with Crippen LogP contribution in [0, 0.1) is 0 Å². The van der Waals surface area contributed by atoms with Gasteiger partial charge in [-0.15, -0.1) is 0 Å². The van der Waals surface area contributed by atoms with Gasteiger partial charge in [-0.2, -0.15) is 0 Å². The lowest BCUT2D eigenvalue weighted by Crippen LogP contribution is -2.35. The largest absolute Gasteiger partial charge is 0.507 e. The summed E-state index contributed by atoms with van der Waals surface area (Å²) in [5.74, 6) is 0.422. The number of hydrogen-bond donors (Lipinski definition) is 1. The Kier molecular flexibility index (Phi) is 2.24. The Bertz CT molecular complexity index is 662. The molecule has 0 radical (unpaired) electrons. The van der Waals surface area contributed by atoms with Crippen LogP contribution in [0.3, 0.4) is 0 Å². The molecule has 0 fully saturated rings. The Balaban J connectivity index is 2.07. The highest BCUT2D eigenvalue weighted by Gasteiger charge is 2.33. The number of hydrogen-bond acceptors (Lipinski definition) is 2. The summed E-state index contributed by atoms with van der Waals surface area (Å²) in [6.07, 6.45) is 2.13. The van der Waals surface area contributed by atoms with Crippen LogP contribution in [0.5, 0.6) is 5.75 Å². The van der Waals surface area contributed by atoms with Gasteiger partial charge in [0.2, 0.25) is 0 Å². The first kappa shape index (κ1) is 11.1. The number of nitrogens with zero attached hydrogens (tertiary/aromatic N) is 1. The average molecular weight is 251 g/mol. The molecule has 0 unspecified atom stereocenters. The van der Waals surface area contributed by atoms with E-state index in [4.69, 9.17) is 0 Å². The van der Waals surface area contributed by atoms with E-state index >= 15 is 0 Å². The molecule has 0 amide bonds. The number of fused-ring (bicyclic) bond motifs is 2. The van der Waals surface area contributed by atoms with Crippen LogP contribution in [-0.4, -0.2) is 23.6 Å². The predicted molar refractivity (Wildman–Crippen MR) is 76.3 cm³/mol. The molecule has 0 saturated heterocycles. The van der Waals surface area contributed by atoms with Gasteiger partial charge in [-0.25, -0.2) is 0 Å². The first-order valence-electron chi connectivity index (χ1n) is 6.89. The molecule has 1 aliphatic carbocycles. The summed E-state index contributed by atoms with van der Waals surface area (Å²) in [5.41, 5.74) is 6.39. The topological polar surface area (TPSA) is 23.5 Å². The molecule has 0 saturated carbocycles. The second-order valence-corrected chi connectivity index (χ2v) is 5.64. The summed E-state index contributed by atoms with van der Waals surface area (Å²) in [6.45, 7) is 1.10. The zero-order valence-corrected chi connectivity index (χ0v) is 11.1. The van der Waals surface area contributed by atoms with Crippen molar-refractivity contribution in [2.75, 3.05) is 13.6 Å². The van der Waals surface area contributed by atoms with Gasteiger partial charge in [0.05, 0.1) is 0 Å². The number of likely N-dealkylation sites (N-methyl/N-ethyl adjacent to an activating group) is 1. The summed E-state index contributed by atoms with van der Waals surface area (Å²) < 4.78 is 0. The van der Waals surface area contributed by atoms with Gasteiger partial charge in [0.1, 0.15) is 5.75 Å². The lowest BCUT2D eigenvalue weighted by Gasteiger charge is -2.39. The van der Waals surface area contributed by atoms with Crippen molar-refractivity contribution >= 4 is 0 Å². The normalized spacial score (nSPS) is 20.8. The van der Waals surface area contributed by atoms with Crippen molar-refractivity contribution in [2.45, 2.75) is 18.9 Å². The van der Waals surface area contributed by atoms with E-state index < -0.39 is 0 Å². The fourth-order valence-electron chi connectivity index (χ4n) is 3.61. The molecule has 96 valence electrons. The van der Waals surface area contributed by atoms with Crippen molar-refractivity contribution in [3.63, 3.8) is 0 Å². The number of benzene rings is 2. The monoisotopic (exact) mass is 251 g/mol. The van der Waals surface area contributed by atoms with Crippen molar-refractivity contribution in [3.8, 4) is 16.9 Å². The molecule has 2 aliphatic rings. The quantitative estimate of drug-likeness (QED) is 0.777. The molecule has 0 spiro atoms. The molecule has 1 atom stereocenters. The predicted octanol–water partition coefficient (Wildman–Crippen LogP) is 3.14. The molecule has 1 aliphatic heterocycles. The zero-order chi connectivity index (χ0) is 13.0. The van der Waals surface area contributed by atoms with Crippen LogP contribution < -0.4 is 0 Å². The summed E-state index contributed by atoms with van der Waals surface area (Å²) in [7, 11) is 2.19. The summed E-state index contributed by atoms with van der Waals surface area (Å²) in [6, 6.07) is 12.8. The van der Waals surface area contributed by atoms with Crippen LogP contribution in [0.15, 0.2) is 36.4 Å². The Hall–Kier alpha value is -1.80. The minimum Gasteiger partial charge on any atom is -0.507 e. The van der Waals surface area contributed by atoms with E-state index in [2.05, 4.69) is 42.3 Å². The maximum absolute atomic E-state index is 10.3. The third-order valence-electron chi connectivity index (χ3n) is 4.61. The first-order valence-corrected chi connectivity index (χ1v) is 6.89. The molecular weight excluding hydrogens is 234 g/mol. The second-order valence-electron chi connectivity index (χ2n) is 5.64. The highest BCUT2D eigenvalue weighted by atomic mass is 16.3. The molecule has 1 N–H and O–H groups in total. The molecule has 2 heteroatoms. The van der Waals surface area contributed by atoms with Crippen molar-refractivity contribution in [1.82, 2.24) is 4.90 Å². The van der Waals surface area contributed by atoms with E-state index in [0.29, 0.717) is 11.8 Å². The summed E-state index contributed by atoms with van der Waals surface area (Å²) in [4.78, 5) is 2.42. The zero-order valence-electron chi connectivity index (χ0n) is 11.1. The van der Waals surface area contributed by atoms with Crippen molar-refractivity contribution < 1.29 is 5.11 Å². The van der Waals surface area contributed by atoms with E-state index in [1.54, 1.807) is 0 Å². The van der Waals surface area contributed by atoms with Crippen LogP contribution in [0.4, 0.5) is 0 Å². The highest BCUT2D eigenvalue weighted by Crippen LogP contribution is 2.48.